The molecule has 0 saturated carbocycles. The van der Waals surface area contributed by atoms with Gasteiger partial charge in [-0.05, 0) is 13.8 Å². The molecular weight excluding hydrogens is 200 g/mol. The van der Waals surface area contributed by atoms with Crippen molar-refractivity contribution in [2.24, 2.45) is 0 Å². The number of carboxylic acids is 2. The van der Waals surface area contributed by atoms with Crippen LogP contribution < -0.4 is 10.2 Å². The number of Topliss-reactive ketones (excluding diaryl/α,β-unsaturated/α-hetero) is 1. The fourth-order valence-corrected chi connectivity index (χ4v) is 0.203. The van der Waals surface area contributed by atoms with Crippen molar-refractivity contribution >= 4 is 17.7 Å². The van der Waals surface area contributed by atoms with Crippen LogP contribution in [0, 0.1) is 0 Å². The molecule has 0 rings (SSSR count). The molecule has 0 aromatic carbocycles. The van der Waals surface area contributed by atoms with Gasteiger partial charge in [0.1, 0.15) is 5.78 Å². The first-order valence-electron chi connectivity index (χ1n) is 2.73. The predicted molar refractivity (Wildman–Crippen MR) is 31.0 cm³/mol. The fourth-order valence-electron chi connectivity index (χ4n) is 0.203. The van der Waals surface area contributed by atoms with Crippen molar-refractivity contribution in [3.05, 3.63) is 0 Å². The molecule has 66 valence electrons. The number of rotatable bonds is 2. The number of hydrogen-bond donors (Lipinski definition) is 0. The van der Waals surface area contributed by atoms with Gasteiger partial charge in [-0.25, -0.2) is 0 Å². The molecule has 0 fully saturated rings. The minimum absolute atomic E-state index is 0. The number of ketones is 1. The molecule has 0 aromatic rings. The van der Waals surface area contributed by atoms with Crippen LogP contribution >= 0.6 is 0 Å². The van der Waals surface area contributed by atoms with Crippen LogP contribution in [0.15, 0.2) is 0 Å². The van der Waals surface area contributed by atoms with E-state index in [9.17, 15) is 14.7 Å². The molecule has 0 unspecified atom stereocenters. The molecular formula is C6H8O5Ti. The molecule has 6 heteroatoms. The van der Waals surface area contributed by atoms with Gasteiger partial charge in [0.25, 0.3) is 0 Å². The average Bonchev–Trinajstić information content (AvgIpc) is 1.56. The van der Waals surface area contributed by atoms with E-state index >= 15 is 0 Å². The third-order valence-electron chi connectivity index (χ3n) is 0.393. The first kappa shape index (κ1) is 17.4. The van der Waals surface area contributed by atoms with Gasteiger partial charge in [0.05, 0.1) is 0 Å². The monoisotopic (exact) mass is 208 g/mol. The van der Waals surface area contributed by atoms with Gasteiger partial charge in [0.15, 0.2) is 0 Å². The summed E-state index contributed by atoms with van der Waals surface area (Å²) in [5, 5.41) is 18.4. The zero-order valence-electron chi connectivity index (χ0n) is 6.75. The summed E-state index contributed by atoms with van der Waals surface area (Å²) in [6.45, 7) is 2.18. The van der Waals surface area contributed by atoms with E-state index in [1.54, 1.807) is 0 Å². The SMILES string of the molecule is CC(=O)CC(=O)[O-].CC(=O)[O-].[Ti+2]. The molecule has 0 N–H and O–H groups in total. The van der Waals surface area contributed by atoms with Crippen LogP contribution in [0.3, 0.4) is 0 Å². The van der Waals surface area contributed by atoms with Crippen LogP contribution in [0.5, 0.6) is 0 Å². The molecule has 0 amide bonds. The molecule has 0 aliphatic carbocycles. The number of carbonyl (C=O) groups excluding carboxylic acids is 3. The van der Waals surface area contributed by atoms with Gasteiger partial charge in [0, 0.05) is 18.4 Å². The standard InChI is InChI=1S/C4H6O3.C2H4O2.Ti/c1-3(5)2-4(6)7;1-2(3)4;/h2H2,1H3,(H,6,7);1H3,(H,3,4);/q;;+2/p-2. The molecule has 0 atom stereocenters. The van der Waals surface area contributed by atoms with Gasteiger partial charge in [-0.3, -0.25) is 4.79 Å². The number of carbonyl (C=O) groups is 3. The topological polar surface area (TPSA) is 97.3 Å². The summed E-state index contributed by atoms with van der Waals surface area (Å²) in [4.78, 5) is 28.2. The Bertz CT molecular complexity index is 149. The van der Waals surface area contributed by atoms with E-state index in [0.717, 1.165) is 6.92 Å². The smallest absolute Gasteiger partial charge is 0.550 e. The first-order chi connectivity index (χ1) is 4.86. The predicted octanol–water partition coefficient (Wildman–Crippen LogP) is -2.53. The Labute approximate surface area is 84.6 Å². The third-order valence-corrected chi connectivity index (χ3v) is 0.393. The molecule has 0 aromatic heterocycles. The van der Waals surface area contributed by atoms with Crippen molar-refractivity contribution in [3.8, 4) is 0 Å². The van der Waals surface area contributed by atoms with Crippen molar-refractivity contribution in [2.75, 3.05) is 0 Å². The quantitative estimate of drug-likeness (QED) is 0.368. The van der Waals surface area contributed by atoms with Crippen molar-refractivity contribution < 1.29 is 46.3 Å². The number of carboxylic acid groups (broad SMARTS) is 2. The molecule has 0 saturated heterocycles. The molecule has 0 aliphatic rings. The summed E-state index contributed by atoms with van der Waals surface area (Å²) < 4.78 is 0. The zero-order chi connectivity index (χ0) is 9.44. The van der Waals surface area contributed by atoms with E-state index in [-0.39, 0.29) is 27.5 Å². The van der Waals surface area contributed by atoms with E-state index in [2.05, 4.69) is 0 Å². The summed E-state index contributed by atoms with van der Waals surface area (Å²) in [5.74, 6) is -2.77. The van der Waals surface area contributed by atoms with E-state index in [1.165, 1.54) is 6.92 Å². The normalized spacial score (nSPS) is 6.83. The molecule has 12 heavy (non-hydrogen) atoms. The van der Waals surface area contributed by atoms with Crippen molar-refractivity contribution in [1.29, 1.82) is 0 Å². The van der Waals surface area contributed by atoms with E-state index in [0.29, 0.717) is 0 Å². The van der Waals surface area contributed by atoms with E-state index in [4.69, 9.17) is 9.90 Å². The molecule has 5 nitrogen and oxygen atoms in total. The van der Waals surface area contributed by atoms with Gasteiger partial charge in [-0.2, -0.15) is 0 Å². The second-order valence-electron chi connectivity index (χ2n) is 1.74. The molecule has 0 aliphatic heterocycles. The summed E-state index contributed by atoms with van der Waals surface area (Å²) in [7, 11) is 0. The molecule has 0 heterocycles. The Balaban J connectivity index is -0.000000142. The Hall–Kier alpha value is -0.676. The van der Waals surface area contributed by atoms with Crippen LogP contribution in [0.25, 0.3) is 0 Å². The van der Waals surface area contributed by atoms with Crippen LogP contribution in [-0.4, -0.2) is 17.7 Å². The minimum Gasteiger partial charge on any atom is -0.550 e. The van der Waals surface area contributed by atoms with Gasteiger partial charge >= 0.3 is 21.7 Å². The van der Waals surface area contributed by atoms with Crippen molar-refractivity contribution in [1.82, 2.24) is 0 Å². The first-order valence-corrected chi connectivity index (χ1v) is 2.73. The third kappa shape index (κ3) is 58.5. The van der Waals surface area contributed by atoms with Crippen LogP contribution in [0.1, 0.15) is 20.3 Å². The van der Waals surface area contributed by atoms with Gasteiger partial charge in [-0.1, -0.05) is 0 Å². The molecule has 0 radical (unpaired) electrons. The van der Waals surface area contributed by atoms with Crippen molar-refractivity contribution in [3.63, 3.8) is 0 Å². The number of hydrogen-bond acceptors (Lipinski definition) is 5. The maximum absolute atomic E-state index is 9.83. The minimum atomic E-state index is -1.31. The van der Waals surface area contributed by atoms with Gasteiger partial charge < -0.3 is 19.8 Å². The summed E-state index contributed by atoms with van der Waals surface area (Å²) in [6, 6.07) is 0. The Morgan fingerprint density at radius 1 is 1.08 bits per heavy atom. The second-order valence-corrected chi connectivity index (χ2v) is 1.74. The van der Waals surface area contributed by atoms with Crippen LogP contribution in [0.4, 0.5) is 0 Å². The molecule has 0 bridgehead atoms. The summed E-state index contributed by atoms with van der Waals surface area (Å²) in [6.07, 6.45) is -0.472. The largest absolute Gasteiger partial charge is 2.00 e. The number of aliphatic carboxylic acids is 2. The molecule has 0 spiro atoms. The Morgan fingerprint density at radius 2 is 1.33 bits per heavy atom. The van der Waals surface area contributed by atoms with Gasteiger partial charge in [-0.15, -0.1) is 0 Å². The second kappa shape index (κ2) is 10.3. The van der Waals surface area contributed by atoms with E-state index in [1.807, 2.05) is 0 Å². The van der Waals surface area contributed by atoms with E-state index < -0.39 is 18.4 Å². The maximum Gasteiger partial charge on any atom is 2.00 e. The van der Waals surface area contributed by atoms with Crippen molar-refractivity contribution in [2.45, 2.75) is 20.3 Å². The Morgan fingerprint density at radius 3 is 1.33 bits per heavy atom. The van der Waals surface area contributed by atoms with Crippen LogP contribution in [0.2, 0.25) is 0 Å². The fraction of sp³-hybridized carbons (Fsp3) is 0.500. The summed E-state index contributed by atoms with van der Waals surface area (Å²) >= 11 is 0. The average molecular weight is 208 g/mol. The van der Waals surface area contributed by atoms with Gasteiger partial charge in [0.2, 0.25) is 0 Å². The zero-order valence-corrected chi connectivity index (χ0v) is 8.31. The Kier molecular flexibility index (Phi) is 15.0. The van der Waals surface area contributed by atoms with Crippen LogP contribution in [-0.2, 0) is 36.1 Å². The summed E-state index contributed by atoms with van der Waals surface area (Å²) in [5.41, 5.74) is 0. The maximum atomic E-state index is 9.83.